The Morgan fingerprint density at radius 1 is 1.41 bits per heavy atom. The summed E-state index contributed by atoms with van der Waals surface area (Å²) in [5, 5.41) is 0. The molecule has 0 spiro atoms. The predicted molar refractivity (Wildman–Crippen MR) is 72.4 cm³/mol. The van der Waals surface area contributed by atoms with Crippen LogP contribution in [-0.2, 0) is 4.74 Å². The third-order valence-corrected chi connectivity index (χ3v) is 3.66. The molecule has 0 radical (unpaired) electrons. The normalized spacial score (nSPS) is 25.0. The number of hydrogen-bond donors (Lipinski definition) is 1. The first-order valence-corrected chi connectivity index (χ1v) is 6.27. The topological polar surface area (TPSA) is 38.5 Å². The van der Waals surface area contributed by atoms with Gasteiger partial charge in [-0.2, -0.15) is 0 Å². The summed E-state index contributed by atoms with van der Waals surface area (Å²) in [4.78, 5) is 2.40. The van der Waals surface area contributed by atoms with Crippen molar-refractivity contribution in [2.75, 3.05) is 24.3 Å². The SMILES string of the molecule is COC1CCN(c2cc(C)ccc2N)C(C)C1. The Morgan fingerprint density at radius 2 is 2.18 bits per heavy atom. The highest BCUT2D eigenvalue weighted by molar-refractivity contribution is 5.69. The molecule has 3 heteroatoms. The number of rotatable bonds is 2. The highest BCUT2D eigenvalue weighted by Crippen LogP contribution is 2.31. The third-order valence-electron chi connectivity index (χ3n) is 3.66. The summed E-state index contributed by atoms with van der Waals surface area (Å²) in [5.41, 5.74) is 9.38. The maximum Gasteiger partial charge on any atom is 0.0607 e. The van der Waals surface area contributed by atoms with Crippen molar-refractivity contribution < 1.29 is 4.74 Å². The van der Waals surface area contributed by atoms with E-state index in [0.717, 1.165) is 25.1 Å². The number of piperidine rings is 1. The van der Waals surface area contributed by atoms with Crippen molar-refractivity contribution in [3.8, 4) is 0 Å². The predicted octanol–water partition coefficient (Wildman–Crippen LogP) is 2.58. The Labute approximate surface area is 104 Å². The smallest absolute Gasteiger partial charge is 0.0607 e. The molecule has 0 amide bonds. The van der Waals surface area contributed by atoms with Gasteiger partial charge in [0.15, 0.2) is 0 Å². The summed E-state index contributed by atoms with van der Waals surface area (Å²) in [6, 6.07) is 6.72. The minimum absolute atomic E-state index is 0.396. The monoisotopic (exact) mass is 234 g/mol. The number of aryl methyl sites for hydroxylation is 1. The molecular formula is C14H22N2O. The van der Waals surface area contributed by atoms with Gasteiger partial charge in [0.1, 0.15) is 0 Å². The van der Waals surface area contributed by atoms with Crippen LogP contribution in [0.4, 0.5) is 11.4 Å². The van der Waals surface area contributed by atoms with Crippen molar-refractivity contribution in [2.24, 2.45) is 0 Å². The van der Waals surface area contributed by atoms with E-state index in [9.17, 15) is 0 Å². The molecule has 2 atom stereocenters. The molecule has 0 aliphatic carbocycles. The molecule has 1 aliphatic rings. The van der Waals surface area contributed by atoms with Gasteiger partial charge in [0.2, 0.25) is 0 Å². The van der Waals surface area contributed by atoms with Crippen LogP contribution in [0.1, 0.15) is 25.3 Å². The minimum atomic E-state index is 0.396. The van der Waals surface area contributed by atoms with Crippen molar-refractivity contribution in [3.05, 3.63) is 23.8 Å². The van der Waals surface area contributed by atoms with Gasteiger partial charge < -0.3 is 15.4 Å². The zero-order valence-electron chi connectivity index (χ0n) is 10.9. The first-order chi connectivity index (χ1) is 8.11. The van der Waals surface area contributed by atoms with Gasteiger partial charge in [-0.15, -0.1) is 0 Å². The molecule has 2 unspecified atom stereocenters. The van der Waals surface area contributed by atoms with E-state index < -0.39 is 0 Å². The first kappa shape index (κ1) is 12.2. The van der Waals surface area contributed by atoms with Crippen molar-refractivity contribution in [2.45, 2.75) is 38.8 Å². The molecule has 1 aliphatic heterocycles. The van der Waals surface area contributed by atoms with E-state index in [2.05, 4.69) is 30.9 Å². The lowest BCUT2D eigenvalue weighted by Crippen LogP contribution is -2.43. The van der Waals surface area contributed by atoms with Crippen molar-refractivity contribution in [1.29, 1.82) is 0 Å². The first-order valence-electron chi connectivity index (χ1n) is 6.27. The van der Waals surface area contributed by atoms with Gasteiger partial charge in [-0.1, -0.05) is 6.07 Å². The van der Waals surface area contributed by atoms with Crippen LogP contribution in [0.5, 0.6) is 0 Å². The number of benzene rings is 1. The second kappa shape index (κ2) is 4.96. The lowest BCUT2D eigenvalue weighted by Gasteiger charge is -2.39. The van der Waals surface area contributed by atoms with Gasteiger partial charge in [0.05, 0.1) is 17.5 Å². The number of hydrogen-bond acceptors (Lipinski definition) is 3. The van der Waals surface area contributed by atoms with Gasteiger partial charge in [-0.3, -0.25) is 0 Å². The Kier molecular flexibility index (Phi) is 3.57. The molecule has 2 N–H and O–H groups in total. The molecule has 3 nitrogen and oxygen atoms in total. The zero-order valence-corrected chi connectivity index (χ0v) is 10.9. The highest BCUT2D eigenvalue weighted by atomic mass is 16.5. The summed E-state index contributed by atoms with van der Waals surface area (Å²) in [6.45, 7) is 5.37. The standard InChI is InChI=1S/C14H22N2O/c1-10-4-5-13(15)14(8-10)16-7-6-12(17-3)9-11(16)2/h4-5,8,11-12H,6-7,9,15H2,1-3H3. The van der Waals surface area contributed by atoms with Gasteiger partial charge in [-0.05, 0) is 44.4 Å². The molecular weight excluding hydrogens is 212 g/mol. The fourth-order valence-corrected chi connectivity index (χ4v) is 2.60. The highest BCUT2D eigenvalue weighted by Gasteiger charge is 2.26. The Morgan fingerprint density at radius 3 is 2.82 bits per heavy atom. The number of nitrogens with zero attached hydrogens (tertiary/aromatic N) is 1. The number of nitrogens with two attached hydrogens (primary N) is 1. The van der Waals surface area contributed by atoms with E-state index in [1.54, 1.807) is 7.11 Å². The molecule has 2 rings (SSSR count). The van der Waals surface area contributed by atoms with E-state index in [0.29, 0.717) is 12.1 Å². The quantitative estimate of drug-likeness (QED) is 0.799. The number of methoxy groups -OCH3 is 1. The van der Waals surface area contributed by atoms with Crippen molar-refractivity contribution >= 4 is 11.4 Å². The van der Waals surface area contributed by atoms with Crippen LogP contribution in [0.15, 0.2) is 18.2 Å². The van der Waals surface area contributed by atoms with Crippen molar-refractivity contribution in [1.82, 2.24) is 0 Å². The zero-order chi connectivity index (χ0) is 12.4. The lowest BCUT2D eigenvalue weighted by molar-refractivity contribution is 0.0721. The Balaban J connectivity index is 2.20. The number of ether oxygens (including phenoxy) is 1. The van der Waals surface area contributed by atoms with Crippen LogP contribution in [0.3, 0.4) is 0 Å². The molecule has 0 aromatic heterocycles. The fraction of sp³-hybridized carbons (Fsp3) is 0.571. The summed E-state index contributed by atoms with van der Waals surface area (Å²) in [7, 11) is 1.80. The van der Waals surface area contributed by atoms with Crippen LogP contribution >= 0.6 is 0 Å². The average molecular weight is 234 g/mol. The second-order valence-electron chi connectivity index (χ2n) is 4.99. The van der Waals surface area contributed by atoms with Crippen LogP contribution in [0, 0.1) is 6.92 Å². The van der Waals surface area contributed by atoms with E-state index >= 15 is 0 Å². The Hall–Kier alpha value is -1.22. The molecule has 94 valence electrons. The molecule has 0 bridgehead atoms. The molecule has 1 heterocycles. The third kappa shape index (κ3) is 2.55. The van der Waals surface area contributed by atoms with Gasteiger partial charge >= 0.3 is 0 Å². The number of nitrogen functional groups attached to an aromatic ring is 1. The summed E-state index contributed by atoms with van der Waals surface area (Å²) in [5.74, 6) is 0. The molecule has 0 saturated carbocycles. The maximum atomic E-state index is 6.08. The van der Waals surface area contributed by atoms with Gasteiger partial charge in [-0.25, -0.2) is 0 Å². The Bertz CT molecular complexity index is 392. The van der Waals surface area contributed by atoms with Crippen LogP contribution in [-0.4, -0.2) is 25.8 Å². The van der Waals surface area contributed by atoms with E-state index in [-0.39, 0.29) is 0 Å². The average Bonchev–Trinajstić information content (AvgIpc) is 2.32. The van der Waals surface area contributed by atoms with E-state index in [1.165, 1.54) is 11.3 Å². The largest absolute Gasteiger partial charge is 0.397 e. The second-order valence-corrected chi connectivity index (χ2v) is 4.99. The van der Waals surface area contributed by atoms with Gasteiger partial charge in [0.25, 0.3) is 0 Å². The number of anilines is 2. The fourth-order valence-electron chi connectivity index (χ4n) is 2.60. The molecule has 1 aromatic carbocycles. The van der Waals surface area contributed by atoms with Crippen molar-refractivity contribution in [3.63, 3.8) is 0 Å². The summed E-state index contributed by atoms with van der Waals surface area (Å²) in [6.07, 6.45) is 2.55. The van der Waals surface area contributed by atoms with Crippen LogP contribution in [0.2, 0.25) is 0 Å². The van der Waals surface area contributed by atoms with E-state index in [1.807, 2.05) is 6.07 Å². The molecule has 17 heavy (non-hydrogen) atoms. The van der Waals surface area contributed by atoms with Crippen LogP contribution in [0.25, 0.3) is 0 Å². The molecule has 1 fully saturated rings. The molecule has 1 saturated heterocycles. The van der Waals surface area contributed by atoms with Crippen LogP contribution < -0.4 is 10.6 Å². The summed E-state index contributed by atoms with van der Waals surface area (Å²) < 4.78 is 5.44. The minimum Gasteiger partial charge on any atom is -0.397 e. The maximum absolute atomic E-state index is 6.08. The molecule has 1 aromatic rings. The summed E-state index contributed by atoms with van der Waals surface area (Å²) >= 11 is 0. The van der Waals surface area contributed by atoms with E-state index in [4.69, 9.17) is 10.5 Å². The van der Waals surface area contributed by atoms with Gasteiger partial charge in [0, 0.05) is 19.7 Å². The lowest BCUT2D eigenvalue weighted by atomic mass is 9.99.